The van der Waals surface area contributed by atoms with Crippen LogP contribution in [0.4, 0.5) is 0 Å². The van der Waals surface area contributed by atoms with Crippen molar-refractivity contribution in [3.63, 3.8) is 0 Å². The molecule has 11 heavy (non-hydrogen) atoms. The molecule has 3 atom stereocenters. The van der Waals surface area contributed by atoms with Crippen molar-refractivity contribution in [2.45, 2.75) is 38.7 Å². The molecule has 0 spiro atoms. The molecule has 1 aliphatic heterocycles. The maximum atomic E-state index is 10.9. The van der Waals surface area contributed by atoms with Gasteiger partial charge in [0.25, 0.3) is 0 Å². The summed E-state index contributed by atoms with van der Waals surface area (Å²) in [6, 6.07) is 0. The first-order valence-corrected chi connectivity index (χ1v) is 4.47. The first-order chi connectivity index (χ1) is 5.27. The Labute approximate surface area is 66.9 Å². The number of rotatable bonds is 0. The first-order valence-electron chi connectivity index (χ1n) is 4.47. The SMILES string of the molecule is CC1CCC2CCC(=O)OC12. The normalized spacial score (nSPS) is 43.4. The van der Waals surface area contributed by atoms with Crippen molar-refractivity contribution < 1.29 is 9.53 Å². The highest BCUT2D eigenvalue weighted by Gasteiger charge is 2.39. The molecule has 0 aromatic heterocycles. The highest BCUT2D eigenvalue weighted by molar-refractivity contribution is 5.70. The summed E-state index contributed by atoms with van der Waals surface area (Å²) < 4.78 is 5.28. The molecule has 0 amide bonds. The molecule has 1 heterocycles. The second-order valence-electron chi connectivity index (χ2n) is 3.81. The van der Waals surface area contributed by atoms with Crippen LogP contribution in [-0.4, -0.2) is 12.1 Å². The van der Waals surface area contributed by atoms with Crippen LogP contribution in [0.2, 0.25) is 0 Å². The fraction of sp³-hybridized carbons (Fsp3) is 0.889. The van der Waals surface area contributed by atoms with Gasteiger partial charge in [0.1, 0.15) is 6.10 Å². The van der Waals surface area contributed by atoms with Crippen LogP contribution in [0.3, 0.4) is 0 Å². The Hall–Kier alpha value is -0.530. The van der Waals surface area contributed by atoms with E-state index in [4.69, 9.17) is 4.74 Å². The third-order valence-corrected chi connectivity index (χ3v) is 3.01. The summed E-state index contributed by atoms with van der Waals surface area (Å²) in [4.78, 5) is 10.9. The van der Waals surface area contributed by atoms with Gasteiger partial charge < -0.3 is 4.74 Å². The van der Waals surface area contributed by atoms with Crippen LogP contribution in [0, 0.1) is 11.8 Å². The molecule has 2 aliphatic rings. The number of carbonyl (C=O) groups is 1. The minimum absolute atomic E-state index is 0.0139. The van der Waals surface area contributed by atoms with Gasteiger partial charge in [-0.1, -0.05) is 6.92 Å². The lowest BCUT2D eigenvalue weighted by Crippen LogP contribution is -2.31. The maximum Gasteiger partial charge on any atom is 0.306 e. The van der Waals surface area contributed by atoms with Gasteiger partial charge in [0.2, 0.25) is 0 Å². The minimum Gasteiger partial charge on any atom is -0.462 e. The molecule has 1 saturated heterocycles. The number of carbonyl (C=O) groups excluding carboxylic acids is 1. The molecule has 0 aromatic carbocycles. The lowest BCUT2D eigenvalue weighted by atomic mass is 9.94. The zero-order valence-electron chi connectivity index (χ0n) is 6.88. The average Bonchev–Trinajstić information content (AvgIpc) is 2.33. The van der Waals surface area contributed by atoms with Gasteiger partial charge in [0.05, 0.1) is 0 Å². The number of ether oxygens (including phenoxy) is 1. The third kappa shape index (κ3) is 1.15. The molecule has 0 aromatic rings. The van der Waals surface area contributed by atoms with E-state index in [1.165, 1.54) is 12.8 Å². The van der Waals surface area contributed by atoms with E-state index < -0.39 is 0 Å². The summed E-state index contributed by atoms with van der Waals surface area (Å²) in [6.07, 6.45) is 4.47. The van der Waals surface area contributed by atoms with Crippen molar-refractivity contribution in [2.24, 2.45) is 11.8 Å². The van der Waals surface area contributed by atoms with E-state index in [1.54, 1.807) is 0 Å². The van der Waals surface area contributed by atoms with Gasteiger partial charge in [-0.25, -0.2) is 0 Å². The molecular weight excluding hydrogens is 140 g/mol. The summed E-state index contributed by atoms with van der Waals surface area (Å²) in [5, 5.41) is 0. The van der Waals surface area contributed by atoms with E-state index in [1.807, 2.05) is 0 Å². The summed E-state index contributed by atoms with van der Waals surface area (Å²) in [5.74, 6) is 1.30. The molecule has 1 aliphatic carbocycles. The lowest BCUT2D eigenvalue weighted by molar-refractivity contribution is -0.158. The smallest absolute Gasteiger partial charge is 0.306 e. The predicted octanol–water partition coefficient (Wildman–Crippen LogP) is 1.74. The van der Waals surface area contributed by atoms with Crippen molar-refractivity contribution in [2.75, 3.05) is 0 Å². The van der Waals surface area contributed by atoms with Gasteiger partial charge in [-0.05, 0) is 31.1 Å². The summed E-state index contributed by atoms with van der Waals surface area (Å²) in [6.45, 7) is 2.18. The number of hydrogen-bond acceptors (Lipinski definition) is 2. The first kappa shape index (κ1) is 7.14. The van der Waals surface area contributed by atoms with E-state index in [-0.39, 0.29) is 12.1 Å². The zero-order valence-corrected chi connectivity index (χ0v) is 6.88. The molecular formula is C9H14O2. The fourth-order valence-corrected chi connectivity index (χ4v) is 2.31. The topological polar surface area (TPSA) is 26.3 Å². The molecule has 0 radical (unpaired) electrons. The molecule has 1 saturated carbocycles. The molecule has 3 unspecified atom stereocenters. The van der Waals surface area contributed by atoms with Crippen LogP contribution in [0.5, 0.6) is 0 Å². The van der Waals surface area contributed by atoms with Gasteiger partial charge in [-0.2, -0.15) is 0 Å². The number of hydrogen-bond donors (Lipinski definition) is 0. The van der Waals surface area contributed by atoms with Crippen LogP contribution < -0.4 is 0 Å². The second-order valence-corrected chi connectivity index (χ2v) is 3.81. The summed E-state index contributed by atoms with van der Waals surface area (Å²) >= 11 is 0. The molecule has 2 fully saturated rings. The van der Waals surface area contributed by atoms with E-state index in [2.05, 4.69) is 6.92 Å². The van der Waals surface area contributed by atoms with Crippen molar-refractivity contribution in [1.82, 2.24) is 0 Å². The lowest BCUT2D eigenvalue weighted by Gasteiger charge is -2.27. The quantitative estimate of drug-likeness (QED) is 0.497. The Bertz CT molecular complexity index is 176. The molecule has 0 N–H and O–H groups in total. The number of fused-ring (bicyclic) bond motifs is 1. The highest BCUT2D eigenvalue weighted by Crippen LogP contribution is 2.39. The molecule has 2 rings (SSSR count). The Morgan fingerprint density at radius 2 is 2.18 bits per heavy atom. The molecule has 0 bridgehead atoms. The van der Waals surface area contributed by atoms with Crippen LogP contribution in [0.25, 0.3) is 0 Å². The highest BCUT2D eigenvalue weighted by atomic mass is 16.5. The molecule has 62 valence electrons. The van der Waals surface area contributed by atoms with E-state index >= 15 is 0 Å². The zero-order chi connectivity index (χ0) is 7.84. The summed E-state index contributed by atoms with van der Waals surface area (Å²) in [5.41, 5.74) is 0. The third-order valence-electron chi connectivity index (χ3n) is 3.01. The van der Waals surface area contributed by atoms with Crippen molar-refractivity contribution in [3.05, 3.63) is 0 Å². The van der Waals surface area contributed by atoms with Gasteiger partial charge in [-0.3, -0.25) is 4.79 Å². The maximum absolute atomic E-state index is 10.9. The molecule has 2 nitrogen and oxygen atoms in total. The summed E-state index contributed by atoms with van der Waals surface area (Å²) in [7, 11) is 0. The van der Waals surface area contributed by atoms with Crippen molar-refractivity contribution in [3.8, 4) is 0 Å². The van der Waals surface area contributed by atoms with Crippen molar-refractivity contribution in [1.29, 1.82) is 0 Å². The van der Waals surface area contributed by atoms with Crippen LogP contribution in [0.1, 0.15) is 32.6 Å². The Kier molecular flexibility index (Phi) is 1.63. The van der Waals surface area contributed by atoms with Crippen LogP contribution in [0.15, 0.2) is 0 Å². The van der Waals surface area contributed by atoms with E-state index in [9.17, 15) is 4.79 Å². The van der Waals surface area contributed by atoms with Crippen molar-refractivity contribution >= 4 is 5.97 Å². The van der Waals surface area contributed by atoms with Gasteiger partial charge >= 0.3 is 5.97 Å². The van der Waals surface area contributed by atoms with Gasteiger partial charge in [0, 0.05) is 6.42 Å². The fourth-order valence-electron chi connectivity index (χ4n) is 2.31. The standard InChI is InChI=1S/C9H14O2/c1-6-2-3-7-4-5-8(10)11-9(6)7/h6-7,9H,2-5H2,1H3. The van der Waals surface area contributed by atoms with Crippen LogP contribution in [-0.2, 0) is 9.53 Å². The Morgan fingerprint density at radius 3 is 3.00 bits per heavy atom. The minimum atomic E-state index is 0.0139. The average molecular weight is 154 g/mol. The van der Waals surface area contributed by atoms with E-state index in [0.717, 1.165) is 6.42 Å². The van der Waals surface area contributed by atoms with Crippen LogP contribution >= 0.6 is 0 Å². The predicted molar refractivity (Wildman–Crippen MR) is 41.0 cm³/mol. The van der Waals surface area contributed by atoms with E-state index in [0.29, 0.717) is 18.3 Å². The molecule has 2 heteroatoms. The largest absolute Gasteiger partial charge is 0.462 e. The number of esters is 1. The Balaban J connectivity index is 2.07. The van der Waals surface area contributed by atoms with Gasteiger partial charge in [-0.15, -0.1) is 0 Å². The Morgan fingerprint density at radius 1 is 1.36 bits per heavy atom. The van der Waals surface area contributed by atoms with Gasteiger partial charge in [0.15, 0.2) is 0 Å². The monoisotopic (exact) mass is 154 g/mol. The second kappa shape index (κ2) is 2.50.